The summed E-state index contributed by atoms with van der Waals surface area (Å²) in [5.74, 6) is -0.233. The summed E-state index contributed by atoms with van der Waals surface area (Å²) in [4.78, 5) is 23.3. The summed E-state index contributed by atoms with van der Waals surface area (Å²) in [6.07, 6.45) is 2.88. The number of nitrogens with one attached hydrogen (secondary N) is 2. The van der Waals surface area contributed by atoms with Crippen molar-refractivity contribution < 1.29 is 9.59 Å². The highest BCUT2D eigenvalue weighted by molar-refractivity contribution is 5.97. The molecule has 0 heterocycles. The minimum Gasteiger partial charge on any atom is -0.352 e. The molecule has 0 aliphatic rings. The lowest BCUT2D eigenvalue weighted by atomic mass is 9.98. The molecule has 2 atom stereocenters. The van der Waals surface area contributed by atoms with Gasteiger partial charge in [-0.2, -0.15) is 0 Å². The lowest BCUT2D eigenvalue weighted by Crippen LogP contribution is -2.49. The molecule has 0 aliphatic heterocycles. The number of hydrogen-bond acceptors (Lipinski definition) is 2. The van der Waals surface area contributed by atoms with Crippen molar-refractivity contribution >= 4 is 17.6 Å². The maximum Gasteiger partial charge on any atom is 0.312 e. The highest BCUT2D eigenvalue weighted by Gasteiger charge is 2.25. The number of carbonyl (C=O) groups is 2. The van der Waals surface area contributed by atoms with E-state index in [0.29, 0.717) is 0 Å². The molecule has 0 bridgehead atoms. The van der Waals surface area contributed by atoms with Crippen LogP contribution < -0.4 is 16.4 Å². The monoisotopic (exact) mass is 291 g/mol. The van der Waals surface area contributed by atoms with Gasteiger partial charge >= 0.3 is 6.03 Å². The standard InChI is InChI=1S/C16H25N3O2/c1-4-6-12-7-9-13(10-8-12)18-15(20)14(11(3)5-2)19-16(17)21/h7-11,14H,4-6H2,1-3H3,(H,18,20)(H3,17,19,21). The van der Waals surface area contributed by atoms with Crippen LogP contribution in [-0.2, 0) is 11.2 Å². The molecule has 0 spiro atoms. The van der Waals surface area contributed by atoms with Crippen molar-refractivity contribution in [2.45, 2.75) is 46.1 Å². The SMILES string of the molecule is CCCc1ccc(NC(=O)C(NC(N)=O)C(C)CC)cc1. The molecule has 1 aromatic carbocycles. The second-order valence-corrected chi connectivity index (χ2v) is 5.31. The Morgan fingerprint density at radius 1 is 1.19 bits per heavy atom. The van der Waals surface area contributed by atoms with Gasteiger partial charge in [0.05, 0.1) is 0 Å². The van der Waals surface area contributed by atoms with Gasteiger partial charge in [0.15, 0.2) is 0 Å². The van der Waals surface area contributed by atoms with Crippen molar-refractivity contribution in [2.75, 3.05) is 5.32 Å². The second-order valence-electron chi connectivity index (χ2n) is 5.31. The average molecular weight is 291 g/mol. The molecule has 0 aliphatic carbocycles. The Labute approximate surface area is 126 Å². The first-order chi connectivity index (χ1) is 9.97. The quantitative estimate of drug-likeness (QED) is 0.721. The van der Waals surface area contributed by atoms with Crippen LogP contribution in [0.5, 0.6) is 0 Å². The first-order valence-corrected chi connectivity index (χ1v) is 7.43. The fourth-order valence-electron chi connectivity index (χ4n) is 2.12. The van der Waals surface area contributed by atoms with Gasteiger partial charge in [0.25, 0.3) is 0 Å². The summed E-state index contributed by atoms with van der Waals surface area (Å²) in [6.45, 7) is 6.00. The van der Waals surface area contributed by atoms with E-state index < -0.39 is 12.1 Å². The number of aryl methyl sites for hydroxylation is 1. The normalized spacial score (nSPS) is 13.3. The predicted molar refractivity (Wildman–Crippen MR) is 85.0 cm³/mol. The van der Waals surface area contributed by atoms with Crippen molar-refractivity contribution in [3.05, 3.63) is 29.8 Å². The minimum atomic E-state index is -0.686. The van der Waals surface area contributed by atoms with E-state index in [9.17, 15) is 9.59 Å². The average Bonchev–Trinajstić information content (AvgIpc) is 2.46. The molecule has 0 aromatic heterocycles. The molecule has 5 nitrogen and oxygen atoms in total. The van der Waals surface area contributed by atoms with Crippen molar-refractivity contribution in [2.24, 2.45) is 11.7 Å². The zero-order chi connectivity index (χ0) is 15.8. The first-order valence-electron chi connectivity index (χ1n) is 7.43. The molecule has 21 heavy (non-hydrogen) atoms. The van der Waals surface area contributed by atoms with Gasteiger partial charge in [0.2, 0.25) is 5.91 Å². The Morgan fingerprint density at radius 2 is 1.81 bits per heavy atom. The summed E-state index contributed by atoms with van der Waals surface area (Å²) in [7, 11) is 0. The van der Waals surface area contributed by atoms with Gasteiger partial charge in [-0.3, -0.25) is 4.79 Å². The predicted octanol–water partition coefficient (Wildman–Crippen LogP) is 2.66. The molecule has 4 N–H and O–H groups in total. The van der Waals surface area contributed by atoms with Gasteiger partial charge in [-0.05, 0) is 30.0 Å². The number of benzene rings is 1. The summed E-state index contributed by atoms with van der Waals surface area (Å²) in [5, 5.41) is 5.33. The molecular weight excluding hydrogens is 266 g/mol. The van der Waals surface area contributed by atoms with E-state index in [-0.39, 0.29) is 11.8 Å². The van der Waals surface area contributed by atoms with E-state index >= 15 is 0 Å². The third kappa shape index (κ3) is 5.45. The van der Waals surface area contributed by atoms with Crippen molar-refractivity contribution in [3.63, 3.8) is 0 Å². The highest BCUT2D eigenvalue weighted by atomic mass is 16.2. The molecule has 3 amide bonds. The summed E-state index contributed by atoms with van der Waals surface area (Å²) in [6, 6.07) is 6.44. The highest BCUT2D eigenvalue weighted by Crippen LogP contribution is 2.14. The number of urea groups is 1. The molecule has 1 rings (SSSR count). The molecule has 2 unspecified atom stereocenters. The number of carbonyl (C=O) groups excluding carboxylic acids is 2. The van der Waals surface area contributed by atoms with Crippen LogP contribution in [0.2, 0.25) is 0 Å². The van der Waals surface area contributed by atoms with Gasteiger partial charge in [-0.15, -0.1) is 0 Å². The summed E-state index contributed by atoms with van der Waals surface area (Å²) >= 11 is 0. The van der Waals surface area contributed by atoms with Crippen LogP contribution in [0.25, 0.3) is 0 Å². The smallest absolute Gasteiger partial charge is 0.312 e. The number of rotatable bonds is 7. The molecule has 5 heteroatoms. The first kappa shape index (κ1) is 17.0. The van der Waals surface area contributed by atoms with E-state index in [1.807, 2.05) is 38.1 Å². The third-order valence-corrected chi connectivity index (χ3v) is 3.55. The van der Waals surface area contributed by atoms with Crippen LogP contribution >= 0.6 is 0 Å². The second kappa shape index (κ2) is 8.29. The Balaban J connectivity index is 2.73. The number of amides is 3. The fourth-order valence-corrected chi connectivity index (χ4v) is 2.12. The van der Waals surface area contributed by atoms with Gasteiger partial charge < -0.3 is 16.4 Å². The van der Waals surface area contributed by atoms with E-state index in [4.69, 9.17) is 5.73 Å². The zero-order valence-corrected chi connectivity index (χ0v) is 13.0. The van der Waals surface area contributed by atoms with Crippen LogP contribution in [0.15, 0.2) is 24.3 Å². The largest absolute Gasteiger partial charge is 0.352 e. The maximum absolute atomic E-state index is 12.3. The lowest BCUT2D eigenvalue weighted by Gasteiger charge is -2.22. The Kier molecular flexibility index (Phi) is 6.72. The Bertz CT molecular complexity index is 471. The number of anilines is 1. The van der Waals surface area contributed by atoms with Crippen LogP contribution in [0.1, 0.15) is 39.2 Å². The molecule has 0 saturated carbocycles. The van der Waals surface area contributed by atoms with Crippen molar-refractivity contribution in [1.29, 1.82) is 0 Å². The summed E-state index contributed by atoms with van der Waals surface area (Å²) in [5.41, 5.74) is 7.10. The topological polar surface area (TPSA) is 84.2 Å². The molecular formula is C16H25N3O2. The molecule has 0 radical (unpaired) electrons. The van der Waals surface area contributed by atoms with Gasteiger partial charge in [-0.1, -0.05) is 45.7 Å². The van der Waals surface area contributed by atoms with Crippen molar-refractivity contribution in [3.8, 4) is 0 Å². The number of nitrogens with two attached hydrogens (primary N) is 1. The van der Waals surface area contributed by atoms with Gasteiger partial charge in [0.1, 0.15) is 6.04 Å². The van der Waals surface area contributed by atoms with Crippen LogP contribution in [-0.4, -0.2) is 18.0 Å². The van der Waals surface area contributed by atoms with Gasteiger partial charge in [-0.25, -0.2) is 4.79 Å². The fraction of sp³-hybridized carbons (Fsp3) is 0.500. The number of primary amides is 1. The van der Waals surface area contributed by atoms with E-state index in [1.165, 1.54) is 5.56 Å². The molecule has 1 aromatic rings. The van der Waals surface area contributed by atoms with E-state index in [0.717, 1.165) is 24.9 Å². The minimum absolute atomic E-state index is 0.0110. The van der Waals surface area contributed by atoms with Crippen LogP contribution in [0, 0.1) is 5.92 Å². The third-order valence-electron chi connectivity index (χ3n) is 3.55. The zero-order valence-electron chi connectivity index (χ0n) is 13.0. The van der Waals surface area contributed by atoms with Crippen LogP contribution in [0.4, 0.5) is 10.5 Å². The molecule has 116 valence electrons. The van der Waals surface area contributed by atoms with Crippen LogP contribution in [0.3, 0.4) is 0 Å². The van der Waals surface area contributed by atoms with E-state index in [1.54, 1.807) is 0 Å². The molecule has 0 saturated heterocycles. The molecule has 0 fully saturated rings. The Morgan fingerprint density at radius 3 is 2.29 bits per heavy atom. The number of hydrogen-bond donors (Lipinski definition) is 3. The summed E-state index contributed by atoms with van der Waals surface area (Å²) < 4.78 is 0. The lowest BCUT2D eigenvalue weighted by molar-refractivity contribution is -0.119. The van der Waals surface area contributed by atoms with E-state index in [2.05, 4.69) is 17.6 Å². The Hall–Kier alpha value is -2.04. The van der Waals surface area contributed by atoms with Gasteiger partial charge in [0, 0.05) is 5.69 Å². The maximum atomic E-state index is 12.3. The van der Waals surface area contributed by atoms with Crippen molar-refractivity contribution in [1.82, 2.24) is 5.32 Å².